The van der Waals surface area contributed by atoms with Gasteiger partial charge in [0.1, 0.15) is 5.15 Å². The number of hydrogen-bond acceptors (Lipinski definition) is 4. The van der Waals surface area contributed by atoms with E-state index in [2.05, 4.69) is 39.3 Å². The molecule has 0 atom stereocenters. The molecule has 0 amide bonds. The fourth-order valence-corrected chi connectivity index (χ4v) is 2.83. The van der Waals surface area contributed by atoms with E-state index in [9.17, 15) is 0 Å². The summed E-state index contributed by atoms with van der Waals surface area (Å²) in [6.45, 7) is 0.921. The minimum absolute atomic E-state index is 0.508. The van der Waals surface area contributed by atoms with Gasteiger partial charge in [-0.05, 0) is 36.6 Å². The molecule has 1 fully saturated rings. The van der Waals surface area contributed by atoms with Crippen LogP contribution >= 0.6 is 11.6 Å². The highest BCUT2D eigenvalue weighted by Gasteiger charge is 2.33. The number of fused-ring (bicyclic) bond motifs is 1. The van der Waals surface area contributed by atoms with Crippen LogP contribution in [-0.2, 0) is 0 Å². The molecule has 20 heavy (non-hydrogen) atoms. The van der Waals surface area contributed by atoms with E-state index in [1.165, 1.54) is 18.4 Å². The second-order valence-electron chi connectivity index (χ2n) is 5.48. The molecular weight excluding hydrogens is 272 g/mol. The third-order valence-corrected chi connectivity index (χ3v) is 4.09. The molecule has 0 spiro atoms. The molecule has 5 heteroatoms. The van der Waals surface area contributed by atoms with E-state index < -0.39 is 0 Å². The zero-order valence-electron chi connectivity index (χ0n) is 11.3. The molecule has 0 radical (unpaired) electrons. The zero-order chi connectivity index (χ0) is 13.7. The Balaban J connectivity index is 1.73. The number of pyridine rings is 2. The van der Waals surface area contributed by atoms with Crippen molar-refractivity contribution in [1.82, 2.24) is 20.0 Å². The van der Waals surface area contributed by atoms with Gasteiger partial charge in [0.15, 0.2) is 0 Å². The number of hydrazine groups is 1. The molecule has 0 saturated heterocycles. The largest absolute Gasteiger partial charge is 0.310 e. The van der Waals surface area contributed by atoms with E-state index in [1.54, 1.807) is 6.07 Å². The lowest BCUT2D eigenvalue weighted by atomic mass is 10.1. The highest BCUT2D eigenvalue weighted by Crippen LogP contribution is 2.34. The van der Waals surface area contributed by atoms with Crippen LogP contribution in [0.15, 0.2) is 30.6 Å². The molecule has 2 aromatic heterocycles. The molecule has 1 aliphatic carbocycles. The monoisotopic (exact) mass is 286 g/mol. The number of rotatable bonds is 2. The maximum atomic E-state index is 5.96. The van der Waals surface area contributed by atoms with Crippen molar-refractivity contribution in [2.75, 3.05) is 13.6 Å². The van der Waals surface area contributed by atoms with Crippen molar-refractivity contribution < 1.29 is 0 Å². The molecule has 4 nitrogen and oxygen atoms in total. The first-order valence-corrected chi connectivity index (χ1v) is 7.21. The van der Waals surface area contributed by atoms with Crippen molar-refractivity contribution in [2.24, 2.45) is 0 Å². The molecule has 1 saturated carbocycles. The fourth-order valence-electron chi connectivity index (χ4n) is 2.67. The van der Waals surface area contributed by atoms with E-state index in [0.29, 0.717) is 11.2 Å². The summed E-state index contributed by atoms with van der Waals surface area (Å²) in [6, 6.07) is 6.44. The summed E-state index contributed by atoms with van der Waals surface area (Å²) in [7, 11) is 2.13. The maximum Gasteiger partial charge on any atom is 0.129 e. The van der Waals surface area contributed by atoms with Crippen LogP contribution in [0.5, 0.6) is 0 Å². The molecule has 0 bridgehead atoms. The molecule has 1 aliphatic heterocycles. The Labute approximate surface area is 122 Å². The highest BCUT2D eigenvalue weighted by atomic mass is 35.5. The topological polar surface area (TPSA) is 32.3 Å². The summed E-state index contributed by atoms with van der Waals surface area (Å²) >= 11 is 5.96. The van der Waals surface area contributed by atoms with Gasteiger partial charge in [-0.2, -0.15) is 0 Å². The lowest BCUT2D eigenvalue weighted by Crippen LogP contribution is -2.33. The van der Waals surface area contributed by atoms with E-state index in [-0.39, 0.29) is 0 Å². The van der Waals surface area contributed by atoms with E-state index in [1.807, 2.05) is 12.3 Å². The Morgan fingerprint density at radius 2 is 2.10 bits per heavy atom. The Morgan fingerprint density at radius 1 is 1.25 bits per heavy atom. The van der Waals surface area contributed by atoms with Gasteiger partial charge >= 0.3 is 0 Å². The predicted molar refractivity (Wildman–Crippen MR) is 80.0 cm³/mol. The minimum atomic E-state index is 0.508. The maximum absolute atomic E-state index is 5.96. The van der Waals surface area contributed by atoms with Crippen LogP contribution < -0.4 is 0 Å². The Morgan fingerprint density at radius 3 is 2.90 bits per heavy atom. The molecule has 2 aliphatic rings. The summed E-state index contributed by atoms with van der Waals surface area (Å²) in [5, 5.41) is 5.11. The summed E-state index contributed by atoms with van der Waals surface area (Å²) in [4.78, 5) is 8.82. The van der Waals surface area contributed by atoms with E-state index in [0.717, 1.165) is 23.1 Å². The Bertz CT molecular complexity index is 708. The van der Waals surface area contributed by atoms with Crippen molar-refractivity contribution in [2.45, 2.75) is 18.9 Å². The smallest absolute Gasteiger partial charge is 0.129 e. The molecule has 102 valence electrons. The third-order valence-electron chi connectivity index (χ3n) is 3.88. The molecule has 0 unspecified atom stereocenters. The number of halogens is 1. The second-order valence-corrected chi connectivity index (χ2v) is 5.86. The van der Waals surface area contributed by atoms with Gasteiger partial charge in [0.05, 0.1) is 11.0 Å². The van der Waals surface area contributed by atoms with Crippen LogP contribution in [0, 0.1) is 0 Å². The average molecular weight is 287 g/mol. The van der Waals surface area contributed by atoms with Crippen LogP contribution in [-0.4, -0.2) is 39.6 Å². The van der Waals surface area contributed by atoms with Crippen LogP contribution in [0.2, 0.25) is 5.15 Å². The van der Waals surface area contributed by atoms with Gasteiger partial charge in [0.2, 0.25) is 0 Å². The van der Waals surface area contributed by atoms with Gasteiger partial charge in [-0.1, -0.05) is 11.6 Å². The molecule has 0 N–H and O–H groups in total. The van der Waals surface area contributed by atoms with Crippen molar-refractivity contribution in [3.05, 3.63) is 41.3 Å². The molecule has 3 heterocycles. The first kappa shape index (κ1) is 12.1. The van der Waals surface area contributed by atoms with Gasteiger partial charge in [-0.25, -0.2) is 9.99 Å². The van der Waals surface area contributed by atoms with Crippen LogP contribution in [0.3, 0.4) is 0 Å². The Hall–Kier alpha value is -1.65. The lowest BCUT2D eigenvalue weighted by Gasteiger charge is -2.24. The summed E-state index contributed by atoms with van der Waals surface area (Å²) < 4.78 is 0. The van der Waals surface area contributed by atoms with Crippen molar-refractivity contribution in [3.8, 4) is 0 Å². The lowest BCUT2D eigenvalue weighted by molar-refractivity contribution is 0.0758. The van der Waals surface area contributed by atoms with Gasteiger partial charge in [-0.3, -0.25) is 4.98 Å². The first-order valence-electron chi connectivity index (χ1n) is 6.83. The number of aromatic nitrogens is 2. The normalized spacial score (nSPS) is 19.7. The van der Waals surface area contributed by atoms with Crippen molar-refractivity contribution in [1.29, 1.82) is 0 Å². The zero-order valence-corrected chi connectivity index (χ0v) is 12.0. The SMILES string of the molecule is CN1CC(c2cnc3ccc(Cl)nc3c2)=CN1C1CC1. The molecule has 4 rings (SSSR count). The molecular formula is C15H15ClN4. The van der Waals surface area contributed by atoms with Crippen molar-refractivity contribution >= 4 is 28.2 Å². The average Bonchev–Trinajstić information content (AvgIpc) is 3.21. The van der Waals surface area contributed by atoms with Crippen LogP contribution in [0.1, 0.15) is 18.4 Å². The molecule has 2 aromatic rings. The fraction of sp³-hybridized carbons (Fsp3) is 0.333. The predicted octanol–water partition coefficient (Wildman–Crippen LogP) is 2.95. The highest BCUT2D eigenvalue weighted by molar-refractivity contribution is 6.29. The van der Waals surface area contributed by atoms with E-state index >= 15 is 0 Å². The van der Waals surface area contributed by atoms with Gasteiger partial charge in [0, 0.05) is 37.6 Å². The standard InChI is InChI=1S/C15H15ClN4/c1-19-8-11(9-20(19)12-2-3-12)10-6-14-13(17-7-10)4-5-15(16)18-14/h4-7,9,12H,2-3,8H2,1H3. The summed E-state index contributed by atoms with van der Waals surface area (Å²) in [6.07, 6.45) is 6.75. The van der Waals surface area contributed by atoms with Gasteiger partial charge in [0.25, 0.3) is 0 Å². The van der Waals surface area contributed by atoms with Gasteiger partial charge in [-0.15, -0.1) is 0 Å². The number of nitrogens with zero attached hydrogens (tertiary/aromatic N) is 4. The second kappa shape index (κ2) is 4.43. The number of hydrogen-bond donors (Lipinski definition) is 0. The van der Waals surface area contributed by atoms with Gasteiger partial charge < -0.3 is 5.01 Å². The first-order chi connectivity index (χ1) is 9.70. The summed E-state index contributed by atoms with van der Waals surface area (Å²) in [5.74, 6) is 0. The quantitative estimate of drug-likeness (QED) is 0.795. The van der Waals surface area contributed by atoms with E-state index in [4.69, 9.17) is 11.6 Å². The van der Waals surface area contributed by atoms with Crippen molar-refractivity contribution in [3.63, 3.8) is 0 Å². The van der Waals surface area contributed by atoms with Crippen LogP contribution in [0.4, 0.5) is 0 Å². The summed E-state index contributed by atoms with van der Waals surface area (Å²) in [5.41, 5.74) is 4.14. The van der Waals surface area contributed by atoms with Crippen LogP contribution in [0.25, 0.3) is 16.6 Å². The third kappa shape index (κ3) is 2.05. The minimum Gasteiger partial charge on any atom is -0.310 e. The Kier molecular flexibility index (Phi) is 2.69. The number of likely N-dealkylation sites (N-methyl/N-ethyl adjacent to an activating group) is 1. The molecule has 0 aromatic carbocycles.